The first-order valence-corrected chi connectivity index (χ1v) is 7.94. The van der Waals surface area contributed by atoms with Crippen molar-refractivity contribution in [2.24, 2.45) is 5.73 Å². The quantitative estimate of drug-likeness (QED) is 0.855. The van der Waals surface area contributed by atoms with Gasteiger partial charge >= 0.3 is 0 Å². The summed E-state index contributed by atoms with van der Waals surface area (Å²) in [6.07, 6.45) is 4.01. The van der Waals surface area contributed by atoms with Gasteiger partial charge in [0.25, 0.3) is 0 Å². The Balaban J connectivity index is 2.24. The second kappa shape index (κ2) is 5.90. The molecule has 0 spiro atoms. The monoisotopic (exact) mass is 284 g/mol. The van der Waals surface area contributed by atoms with Gasteiger partial charge in [0.2, 0.25) is 10.0 Å². The van der Waals surface area contributed by atoms with E-state index in [2.05, 4.69) is 4.72 Å². The Bertz CT molecular complexity index is 537. The summed E-state index contributed by atoms with van der Waals surface area (Å²) in [6.45, 7) is 0.246. The molecule has 0 bridgehead atoms. The molecule has 3 N–H and O–H groups in total. The highest BCUT2D eigenvalue weighted by atomic mass is 32.2. The van der Waals surface area contributed by atoms with Crippen LogP contribution in [-0.2, 0) is 16.6 Å². The first kappa shape index (κ1) is 14.3. The third-order valence-electron chi connectivity index (χ3n) is 3.46. The summed E-state index contributed by atoms with van der Waals surface area (Å²) in [5, 5.41) is 0. The number of nitrogens with one attached hydrogen (secondary N) is 1. The molecule has 1 aliphatic carbocycles. The molecule has 0 amide bonds. The summed E-state index contributed by atoms with van der Waals surface area (Å²) in [4.78, 5) is 0.251. The molecule has 19 heavy (non-hydrogen) atoms. The van der Waals surface area contributed by atoms with Crippen LogP contribution in [0.1, 0.15) is 31.2 Å². The van der Waals surface area contributed by atoms with Gasteiger partial charge in [-0.15, -0.1) is 0 Å². The number of hydrogen-bond acceptors (Lipinski definition) is 4. The van der Waals surface area contributed by atoms with E-state index in [9.17, 15) is 8.42 Å². The Morgan fingerprint density at radius 1 is 1.37 bits per heavy atom. The van der Waals surface area contributed by atoms with Crippen LogP contribution in [0, 0.1) is 0 Å². The zero-order chi connectivity index (χ0) is 13.9. The van der Waals surface area contributed by atoms with Gasteiger partial charge in [-0.2, -0.15) is 0 Å². The number of hydrogen-bond donors (Lipinski definition) is 2. The van der Waals surface area contributed by atoms with Gasteiger partial charge in [0.05, 0.1) is 12.0 Å². The molecule has 106 valence electrons. The van der Waals surface area contributed by atoms with Crippen molar-refractivity contribution in [2.45, 2.75) is 43.2 Å². The SMILES string of the molecule is COc1ccc(S(=O)(=O)NC2CCCC2)cc1CN. The van der Waals surface area contributed by atoms with Gasteiger partial charge in [-0.05, 0) is 31.0 Å². The molecule has 5 nitrogen and oxygen atoms in total. The van der Waals surface area contributed by atoms with Gasteiger partial charge in [-0.25, -0.2) is 13.1 Å². The summed E-state index contributed by atoms with van der Waals surface area (Å²) < 4.78 is 32.4. The van der Waals surface area contributed by atoms with Crippen molar-refractivity contribution in [3.05, 3.63) is 23.8 Å². The molecule has 1 aromatic carbocycles. The lowest BCUT2D eigenvalue weighted by atomic mass is 10.2. The Hall–Kier alpha value is -1.11. The second-order valence-corrected chi connectivity index (χ2v) is 6.49. The maximum absolute atomic E-state index is 12.3. The van der Waals surface area contributed by atoms with Crippen molar-refractivity contribution in [2.75, 3.05) is 7.11 Å². The molecule has 0 unspecified atom stereocenters. The molecule has 6 heteroatoms. The lowest BCUT2D eigenvalue weighted by Crippen LogP contribution is -2.32. The van der Waals surface area contributed by atoms with Crippen molar-refractivity contribution in [3.8, 4) is 5.75 Å². The summed E-state index contributed by atoms with van der Waals surface area (Å²) >= 11 is 0. The van der Waals surface area contributed by atoms with Crippen molar-refractivity contribution < 1.29 is 13.2 Å². The van der Waals surface area contributed by atoms with Crippen LogP contribution < -0.4 is 15.2 Å². The van der Waals surface area contributed by atoms with Crippen LogP contribution in [-0.4, -0.2) is 21.6 Å². The molecule has 1 aromatic rings. The molecule has 1 aliphatic rings. The zero-order valence-electron chi connectivity index (χ0n) is 11.1. The first-order chi connectivity index (χ1) is 9.06. The Kier molecular flexibility index (Phi) is 4.44. The molecule has 0 radical (unpaired) electrons. The van der Waals surface area contributed by atoms with Crippen molar-refractivity contribution in [1.29, 1.82) is 0 Å². The minimum absolute atomic E-state index is 0.0634. The summed E-state index contributed by atoms with van der Waals surface area (Å²) in [7, 11) is -1.92. The molecule has 0 heterocycles. The van der Waals surface area contributed by atoms with E-state index in [-0.39, 0.29) is 17.5 Å². The third-order valence-corrected chi connectivity index (χ3v) is 4.98. The van der Waals surface area contributed by atoms with Crippen molar-refractivity contribution in [1.82, 2.24) is 4.72 Å². The normalized spacial score (nSPS) is 16.7. The highest BCUT2D eigenvalue weighted by Gasteiger charge is 2.23. The van der Waals surface area contributed by atoms with Gasteiger partial charge in [0.1, 0.15) is 5.75 Å². The molecule has 0 saturated heterocycles. The van der Waals surface area contributed by atoms with E-state index < -0.39 is 10.0 Å². The third kappa shape index (κ3) is 3.26. The van der Waals surface area contributed by atoms with Crippen molar-refractivity contribution >= 4 is 10.0 Å². The van der Waals surface area contributed by atoms with E-state index in [1.54, 1.807) is 25.3 Å². The van der Waals surface area contributed by atoms with Gasteiger partial charge in [-0.3, -0.25) is 0 Å². The average molecular weight is 284 g/mol. The maximum Gasteiger partial charge on any atom is 0.240 e. The number of nitrogens with two attached hydrogens (primary N) is 1. The summed E-state index contributed by atoms with van der Waals surface area (Å²) in [5.41, 5.74) is 6.30. The number of ether oxygens (including phenoxy) is 1. The zero-order valence-corrected chi connectivity index (χ0v) is 11.9. The van der Waals surface area contributed by atoms with Crippen LogP contribution in [0.2, 0.25) is 0 Å². The van der Waals surface area contributed by atoms with E-state index >= 15 is 0 Å². The lowest BCUT2D eigenvalue weighted by molar-refractivity contribution is 0.409. The minimum atomic E-state index is -3.46. The van der Waals surface area contributed by atoms with E-state index in [0.29, 0.717) is 11.3 Å². The molecule has 0 aromatic heterocycles. The number of methoxy groups -OCH3 is 1. The van der Waals surface area contributed by atoms with Gasteiger partial charge in [0, 0.05) is 18.2 Å². The highest BCUT2D eigenvalue weighted by Crippen LogP contribution is 2.24. The molecule has 2 rings (SSSR count). The molecule has 0 atom stereocenters. The Labute approximate surface area is 114 Å². The van der Waals surface area contributed by atoms with Gasteiger partial charge in [-0.1, -0.05) is 12.8 Å². The number of sulfonamides is 1. The predicted octanol–water partition coefficient (Wildman–Crippen LogP) is 1.37. The number of benzene rings is 1. The van der Waals surface area contributed by atoms with Crippen LogP contribution in [0.4, 0.5) is 0 Å². The smallest absolute Gasteiger partial charge is 0.240 e. The van der Waals surface area contributed by atoms with Crippen molar-refractivity contribution in [3.63, 3.8) is 0 Å². The van der Waals surface area contributed by atoms with E-state index in [1.807, 2.05) is 0 Å². The molecule has 1 saturated carbocycles. The van der Waals surface area contributed by atoms with Gasteiger partial charge in [0.15, 0.2) is 0 Å². The summed E-state index contributed by atoms with van der Waals surface area (Å²) in [6, 6.07) is 4.84. The second-order valence-electron chi connectivity index (χ2n) is 4.78. The van der Waals surface area contributed by atoms with Crippen LogP contribution in [0.25, 0.3) is 0 Å². The topological polar surface area (TPSA) is 81.4 Å². The standard InChI is InChI=1S/C13H20N2O3S/c1-18-13-7-6-12(8-10(13)9-14)19(16,17)15-11-4-2-3-5-11/h6-8,11,15H,2-5,9,14H2,1H3. The van der Waals surface area contributed by atoms with E-state index in [0.717, 1.165) is 25.7 Å². The van der Waals surface area contributed by atoms with Crippen LogP contribution >= 0.6 is 0 Å². The van der Waals surface area contributed by atoms with Gasteiger partial charge < -0.3 is 10.5 Å². The molecular weight excluding hydrogens is 264 g/mol. The number of rotatable bonds is 5. The fraction of sp³-hybridized carbons (Fsp3) is 0.538. The molecule has 0 aliphatic heterocycles. The Morgan fingerprint density at radius 2 is 2.05 bits per heavy atom. The van der Waals surface area contributed by atoms with E-state index in [1.165, 1.54) is 0 Å². The Morgan fingerprint density at radius 3 is 2.63 bits per heavy atom. The van der Waals surface area contributed by atoms with E-state index in [4.69, 9.17) is 10.5 Å². The van der Waals surface area contributed by atoms with Crippen LogP contribution in [0.3, 0.4) is 0 Å². The first-order valence-electron chi connectivity index (χ1n) is 6.46. The molecule has 1 fully saturated rings. The maximum atomic E-state index is 12.3. The lowest BCUT2D eigenvalue weighted by Gasteiger charge is -2.14. The predicted molar refractivity (Wildman–Crippen MR) is 73.5 cm³/mol. The average Bonchev–Trinajstić information content (AvgIpc) is 2.89. The fourth-order valence-corrected chi connectivity index (χ4v) is 3.77. The highest BCUT2D eigenvalue weighted by molar-refractivity contribution is 7.89. The van der Waals surface area contributed by atoms with Crippen LogP contribution in [0.5, 0.6) is 5.75 Å². The molecular formula is C13H20N2O3S. The summed E-state index contributed by atoms with van der Waals surface area (Å²) in [5.74, 6) is 0.613. The van der Waals surface area contributed by atoms with Crippen LogP contribution in [0.15, 0.2) is 23.1 Å². The minimum Gasteiger partial charge on any atom is -0.496 e. The largest absolute Gasteiger partial charge is 0.496 e. The fourth-order valence-electron chi connectivity index (χ4n) is 2.41.